The molecule has 0 aromatic carbocycles. The molecule has 0 fully saturated rings. The fourth-order valence-corrected chi connectivity index (χ4v) is 2.64. The Hall–Kier alpha value is 2.15. The molecule has 0 atom stereocenters. The van der Waals surface area contributed by atoms with Crippen LogP contribution in [0.3, 0.4) is 0 Å². The van der Waals surface area contributed by atoms with E-state index in [1.165, 1.54) is 82.0 Å². The van der Waals surface area contributed by atoms with Crippen LogP contribution < -0.4 is 24.0 Å². The molecule has 0 heterocycles. The van der Waals surface area contributed by atoms with Crippen LogP contribution in [0.15, 0.2) is 0 Å². The highest BCUT2D eigenvalue weighted by molar-refractivity contribution is 14.0. The van der Waals surface area contributed by atoms with Crippen molar-refractivity contribution in [1.29, 1.82) is 0 Å². The molecule has 20 heavy (non-hydrogen) atoms. The van der Waals surface area contributed by atoms with E-state index in [-0.39, 0.29) is 71.9 Å². The van der Waals surface area contributed by atoms with Crippen LogP contribution >= 0.6 is 48.0 Å². The number of rotatable bonds is 12. The van der Waals surface area contributed by atoms with E-state index in [1.54, 1.807) is 0 Å². The normalized spacial score (nSPS) is 10.2. The lowest BCUT2D eigenvalue weighted by atomic mass is 10.1. The smallest absolute Gasteiger partial charge is 0.0786 e. The van der Waals surface area contributed by atoms with E-state index in [0.717, 1.165) is 0 Å². The fourth-order valence-electron chi connectivity index (χ4n) is 2.64. The summed E-state index contributed by atoms with van der Waals surface area (Å²) in [5.41, 5.74) is 0. The molecule has 0 saturated carbocycles. The van der Waals surface area contributed by atoms with Gasteiger partial charge in [0.15, 0.2) is 0 Å². The molecule has 0 aliphatic rings. The van der Waals surface area contributed by atoms with E-state index in [1.807, 2.05) is 0 Å². The zero-order chi connectivity index (χ0) is 13.0. The molecule has 128 valence electrons. The van der Waals surface area contributed by atoms with Gasteiger partial charge in [0.2, 0.25) is 0 Å². The first kappa shape index (κ1) is 30.1. The fraction of sp³-hybridized carbons (Fsp3) is 1.00. The van der Waals surface area contributed by atoms with Crippen molar-refractivity contribution in [3.05, 3.63) is 0 Å². The average Bonchev–Trinajstić information content (AvgIpc) is 2.37. The summed E-state index contributed by atoms with van der Waals surface area (Å²) in [6, 6.07) is 0. The minimum atomic E-state index is 0. The Kier molecular flexibility index (Phi) is 31.8. The lowest BCUT2D eigenvalue weighted by Crippen LogP contribution is -3.00. The third kappa shape index (κ3) is 15.1. The van der Waals surface area contributed by atoms with Gasteiger partial charge in [-0.1, -0.05) is 53.4 Å². The lowest BCUT2D eigenvalue weighted by molar-refractivity contribution is -0.929. The molecule has 0 radical (unpaired) electrons. The highest BCUT2D eigenvalue weighted by atomic mass is 127. The van der Waals surface area contributed by atoms with Crippen LogP contribution in [0.4, 0.5) is 0 Å². The van der Waals surface area contributed by atoms with E-state index in [9.17, 15) is 0 Å². The molecule has 0 spiro atoms. The quantitative estimate of drug-likeness (QED) is 0.231. The summed E-state index contributed by atoms with van der Waals surface area (Å²) in [6.07, 6.45) is 11.1. The maximum Gasteiger partial charge on any atom is 0.0786 e. The van der Waals surface area contributed by atoms with Crippen LogP contribution in [0.1, 0.15) is 79.1 Å². The van der Waals surface area contributed by atoms with E-state index in [0.29, 0.717) is 0 Å². The van der Waals surface area contributed by atoms with E-state index in [4.69, 9.17) is 0 Å². The molecule has 0 unspecified atom stereocenters. The van der Waals surface area contributed by atoms with Crippen molar-refractivity contribution in [2.24, 2.45) is 0 Å². The molecule has 0 N–H and O–H groups in total. The van der Waals surface area contributed by atoms with Gasteiger partial charge in [0.1, 0.15) is 0 Å². The highest BCUT2D eigenvalue weighted by Gasteiger charge is 2.24. The van der Waals surface area contributed by atoms with Crippen molar-refractivity contribution in [1.82, 2.24) is 0 Å². The van der Waals surface area contributed by atoms with Crippen molar-refractivity contribution in [2.75, 3.05) is 26.2 Å². The molecule has 0 saturated heterocycles. The molecule has 0 rings (SSSR count). The maximum absolute atomic E-state index is 2.33. The predicted octanol–water partition coefficient (Wildman–Crippen LogP) is 3.24. The van der Waals surface area contributed by atoms with Crippen molar-refractivity contribution < 1.29 is 28.5 Å². The van der Waals surface area contributed by atoms with Gasteiger partial charge in [-0.3, -0.25) is 0 Å². The summed E-state index contributed by atoms with van der Waals surface area (Å²) in [6.45, 7) is 15.0. The lowest BCUT2D eigenvalue weighted by Gasteiger charge is -2.39. The minimum absolute atomic E-state index is 0. The van der Waals surface area contributed by atoms with E-state index < -0.39 is 0 Å². The summed E-state index contributed by atoms with van der Waals surface area (Å²) < 4.78 is 1.42. The van der Waals surface area contributed by atoms with Gasteiger partial charge < -0.3 is 28.5 Å². The van der Waals surface area contributed by atoms with Crippen molar-refractivity contribution >= 4 is 48.0 Å². The van der Waals surface area contributed by atoms with Crippen molar-refractivity contribution in [2.45, 2.75) is 79.1 Å². The van der Waals surface area contributed by atoms with Crippen molar-refractivity contribution in [3.63, 3.8) is 0 Å². The Morgan fingerprint density at radius 3 is 0.850 bits per heavy atom. The number of halogens is 3. The molecule has 0 aromatic rings. The van der Waals surface area contributed by atoms with Gasteiger partial charge in [0.25, 0.3) is 0 Å². The molecule has 0 bridgehead atoms. The van der Waals surface area contributed by atoms with Crippen molar-refractivity contribution in [3.8, 4) is 0 Å². The average molecular weight is 625 g/mol. The van der Waals surface area contributed by atoms with Crippen LogP contribution in [0.25, 0.3) is 0 Å². The van der Waals surface area contributed by atoms with Crippen LogP contribution in [-0.2, 0) is 0 Å². The number of unbranched alkanes of at least 4 members (excludes halogenated alkanes) is 4. The minimum Gasteiger partial charge on any atom is -1.00 e. The van der Waals surface area contributed by atoms with Gasteiger partial charge in [-0.05, 0) is 25.7 Å². The number of quaternary nitrogens is 1. The maximum atomic E-state index is 2.33. The Bertz CT molecular complexity index is 128. The second-order valence-electron chi connectivity index (χ2n) is 5.65. The molecule has 0 aliphatic carbocycles. The first-order valence-electron chi connectivity index (χ1n) is 8.09. The largest absolute Gasteiger partial charge is 1.00 e. The van der Waals surface area contributed by atoms with Crippen LogP contribution in [0, 0.1) is 0 Å². The number of hydrogen-bond acceptors (Lipinski definition) is 0. The SMILES string of the molecule is CCCC[N+](CCCC)(CCCC)CCCC.I.I.[I-]. The summed E-state index contributed by atoms with van der Waals surface area (Å²) >= 11 is 0. The van der Waals surface area contributed by atoms with Crippen LogP contribution in [0.5, 0.6) is 0 Å². The van der Waals surface area contributed by atoms with E-state index >= 15 is 0 Å². The first-order valence-corrected chi connectivity index (χ1v) is 8.09. The topological polar surface area (TPSA) is 0 Å². The predicted molar refractivity (Wildman–Crippen MR) is 110 cm³/mol. The van der Waals surface area contributed by atoms with Gasteiger partial charge in [0, 0.05) is 0 Å². The Morgan fingerprint density at radius 1 is 0.500 bits per heavy atom. The number of hydrogen-bond donors (Lipinski definition) is 0. The number of nitrogens with zero attached hydrogens (tertiary/aromatic N) is 1. The van der Waals surface area contributed by atoms with Crippen LogP contribution in [-0.4, -0.2) is 30.7 Å². The van der Waals surface area contributed by atoms with Gasteiger partial charge >= 0.3 is 0 Å². The molecule has 0 aliphatic heterocycles. The molecular formula is C16H38I3N. The standard InChI is InChI=1S/C16H36N.3HI/c1-5-9-13-17(14-10-6-2,15-11-7-3)16-12-8-4;;;/h5-16H2,1-4H3;3*1H/q+1;;;/p-1. The monoisotopic (exact) mass is 625 g/mol. The second-order valence-corrected chi connectivity index (χ2v) is 5.65. The summed E-state index contributed by atoms with van der Waals surface area (Å²) in [4.78, 5) is 0. The first-order chi connectivity index (χ1) is 8.24. The second kappa shape index (κ2) is 21.1. The van der Waals surface area contributed by atoms with E-state index in [2.05, 4.69) is 27.7 Å². The van der Waals surface area contributed by atoms with Gasteiger partial charge in [0.05, 0.1) is 26.2 Å². The van der Waals surface area contributed by atoms with Gasteiger partial charge in [-0.15, -0.1) is 48.0 Å². The third-order valence-electron chi connectivity index (χ3n) is 3.94. The molecule has 0 aromatic heterocycles. The van der Waals surface area contributed by atoms with Gasteiger partial charge in [-0.2, -0.15) is 0 Å². The summed E-state index contributed by atoms with van der Waals surface area (Å²) in [5.74, 6) is 0. The molecule has 4 heteroatoms. The zero-order valence-electron chi connectivity index (χ0n) is 14.1. The van der Waals surface area contributed by atoms with Gasteiger partial charge in [-0.25, -0.2) is 0 Å². The molecule has 1 nitrogen and oxygen atoms in total. The highest BCUT2D eigenvalue weighted by Crippen LogP contribution is 2.16. The Morgan fingerprint density at radius 2 is 0.700 bits per heavy atom. The van der Waals surface area contributed by atoms with Crippen LogP contribution in [0.2, 0.25) is 0 Å². The zero-order valence-corrected chi connectivity index (χ0v) is 20.9. The summed E-state index contributed by atoms with van der Waals surface area (Å²) in [7, 11) is 0. The molecular weight excluding hydrogens is 587 g/mol. The third-order valence-corrected chi connectivity index (χ3v) is 3.94. The Balaban J connectivity index is -0.000000427. The Labute approximate surface area is 180 Å². The molecule has 0 amide bonds. The summed E-state index contributed by atoms with van der Waals surface area (Å²) in [5, 5.41) is 0.